The Morgan fingerprint density at radius 3 is 2.23 bits per heavy atom. The second-order valence-corrected chi connectivity index (χ2v) is 9.41. The van der Waals surface area contributed by atoms with Crippen molar-refractivity contribution in [3.63, 3.8) is 0 Å². The van der Waals surface area contributed by atoms with Crippen molar-refractivity contribution >= 4 is 33.2 Å². The highest BCUT2D eigenvalue weighted by Gasteiger charge is 2.42. The van der Waals surface area contributed by atoms with Gasteiger partial charge in [0, 0.05) is 11.3 Å². The molecule has 2 amide bonds. The lowest BCUT2D eigenvalue weighted by atomic mass is 10.1. The standard InChI is InChI=1S/C24H22N2O4S/c1-18-17-31(29,30)26(23(18)27)22-14-8-11-20(15-22)24(28)25(21-12-6-3-7-13-21)16-19-9-4-2-5-10-19/h2-15,18H,16-17H2,1H3. The van der Waals surface area contributed by atoms with E-state index >= 15 is 0 Å². The van der Waals surface area contributed by atoms with Crippen molar-refractivity contribution in [2.75, 3.05) is 15.0 Å². The summed E-state index contributed by atoms with van der Waals surface area (Å²) in [5.74, 6) is -1.60. The van der Waals surface area contributed by atoms with Crippen LogP contribution in [-0.2, 0) is 21.4 Å². The molecular weight excluding hydrogens is 412 g/mol. The molecule has 0 spiro atoms. The topological polar surface area (TPSA) is 74.8 Å². The lowest BCUT2D eigenvalue weighted by Crippen LogP contribution is -2.32. The minimum Gasteiger partial charge on any atom is -0.304 e. The molecule has 1 atom stereocenters. The summed E-state index contributed by atoms with van der Waals surface area (Å²) in [5.41, 5.74) is 2.18. The van der Waals surface area contributed by atoms with E-state index in [2.05, 4.69) is 0 Å². The van der Waals surface area contributed by atoms with Crippen molar-refractivity contribution in [1.82, 2.24) is 0 Å². The average molecular weight is 435 g/mol. The molecule has 3 aromatic rings. The fraction of sp³-hybridized carbons (Fsp3) is 0.167. The monoisotopic (exact) mass is 434 g/mol. The van der Waals surface area contributed by atoms with Crippen LogP contribution in [0.5, 0.6) is 0 Å². The Bertz CT molecular complexity index is 1210. The van der Waals surface area contributed by atoms with Gasteiger partial charge in [-0.3, -0.25) is 9.59 Å². The first-order valence-electron chi connectivity index (χ1n) is 9.94. The lowest BCUT2D eigenvalue weighted by molar-refractivity contribution is -0.119. The Morgan fingerprint density at radius 2 is 1.61 bits per heavy atom. The largest absolute Gasteiger partial charge is 0.304 e. The van der Waals surface area contributed by atoms with E-state index in [1.54, 1.807) is 24.0 Å². The van der Waals surface area contributed by atoms with Crippen molar-refractivity contribution in [2.24, 2.45) is 5.92 Å². The van der Waals surface area contributed by atoms with Crippen molar-refractivity contribution in [3.8, 4) is 0 Å². The van der Waals surface area contributed by atoms with E-state index in [9.17, 15) is 18.0 Å². The highest BCUT2D eigenvalue weighted by Crippen LogP contribution is 2.29. The van der Waals surface area contributed by atoms with Gasteiger partial charge >= 0.3 is 0 Å². The molecule has 1 fully saturated rings. The SMILES string of the molecule is CC1CS(=O)(=O)N(c2cccc(C(=O)N(Cc3ccccc3)c3ccccc3)c2)C1=O. The van der Waals surface area contributed by atoms with Crippen LogP contribution in [0.1, 0.15) is 22.8 Å². The molecule has 1 aliphatic rings. The number of hydrogen-bond acceptors (Lipinski definition) is 4. The van der Waals surface area contributed by atoms with Crippen LogP contribution >= 0.6 is 0 Å². The van der Waals surface area contributed by atoms with Crippen LogP contribution < -0.4 is 9.21 Å². The number of sulfonamides is 1. The third kappa shape index (κ3) is 4.22. The molecule has 1 unspecified atom stereocenters. The molecule has 158 valence electrons. The van der Waals surface area contributed by atoms with Crippen LogP contribution in [0.2, 0.25) is 0 Å². The second kappa shape index (κ2) is 8.35. The maximum Gasteiger partial charge on any atom is 0.258 e. The smallest absolute Gasteiger partial charge is 0.258 e. The minimum absolute atomic E-state index is 0.188. The number of carbonyl (C=O) groups excluding carboxylic acids is 2. The third-order valence-electron chi connectivity index (χ3n) is 5.18. The molecule has 1 heterocycles. The Labute approximate surface area is 181 Å². The molecule has 6 nitrogen and oxygen atoms in total. The van der Waals surface area contributed by atoms with Gasteiger partial charge in [-0.05, 0) is 35.9 Å². The van der Waals surface area contributed by atoms with Gasteiger partial charge in [-0.2, -0.15) is 0 Å². The van der Waals surface area contributed by atoms with Gasteiger partial charge in [0.15, 0.2) is 0 Å². The van der Waals surface area contributed by atoms with E-state index < -0.39 is 21.8 Å². The number of benzene rings is 3. The Hall–Kier alpha value is -3.45. The highest BCUT2D eigenvalue weighted by atomic mass is 32.2. The quantitative estimate of drug-likeness (QED) is 0.611. The molecule has 0 saturated carbocycles. The molecule has 31 heavy (non-hydrogen) atoms. The van der Waals surface area contributed by atoms with E-state index in [0.717, 1.165) is 15.6 Å². The second-order valence-electron chi connectivity index (χ2n) is 7.55. The molecule has 3 aromatic carbocycles. The Morgan fingerprint density at radius 1 is 0.968 bits per heavy atom. The summed E-state index contributed by atoms with van der Waals surface area (Å²) in [6, 6.07) is 25.1. The van der Waals surface area contributed by atoms with Crippen LogP contribution in [0.3, 0.4) is 0 Å². The number of carbonyl (C=O) groups is 2. The van der Waals surface area contributed by atoms with Gasteiger partial charge in [0.05, 0.1) is 23.9 Å². The van der Waals surface area contributed by atoms with Gasteiger partial charge < -0.3 is 4.90 Å². The normalized spacial score (nSPS) is 17.5. The number of anilines is 2. The maximum absolute atomic E-state index is 13.5. The molecule has 4 rings (SSSR count). The van der Waals surface area contributed by atoms with Gasteiger partial charge in [0.2, 0.25) is 15.9 Å². The van der Waals surface area contributed by atoms with Crippen molar-refractivity contribution < 1.29 is 18.0 Å². The first kappa shape index (κ1) is 20.8. The average Bonchev–Trinajstić information content (AvgIpc) is 2.99. The van der Waals surface area contributed by atoms with Crippen LogP contribution in [0, 0.1) is 5.92 Å². The number of nitrogens with zero attached hydrogens (tertiary/aromatic N) is 2. The van der Waals surface area contributed by atoms with E-state index in [1.807, 2.05) is 60.7 Å². The van der Waals surface area contributed by atoms with Crippen LogP contribution in [0.15, 0.2) is 84.9 Å². The number of hydrogen-bond donors (Lipinski definition) is 0. The molecule has 7 heteroatoms. The minimum atomic E-state index is -3.74. The lowest BCUT2D eigenvalue weighted by Gasteiger charge is -2.24. The van der Waals surface area contributed by atoms with Gasteiger partial charge in [0.1, 0.15) is 0 Å². The fourth-order valence-electron chi connectivity index (χ4n) is 3.66. The molecular formula is C24H22N2O4S. The van der Waals surface area contributed by atoms with Crippen molar-refractivity contribution in [2.45, 2.75) is 13.5 Å². The van der Waals surface area contributed by atoms with Gasteiger partial charge in [0.25, 0.3) is 5.91 Å². The summed E-state index contributed by atoms with van der Waals surface area (Å²) in [6.45, 7) is 1.94. The van der Waals surface area contributed by atoms with Crippen LogP contribution in [0.4, 0.5) is 11.4 Å². The third-order valence-corrected chi connectivity index (χ3v) is 7.05. The molecule has 0 bridgehead atoms. The fourth-order valence-corrected chi connectivity index (χ4v) is 5.47. The van der Waals surface area contributed by atoms with E-state index in [1.165, 1.54) is 12.1 Å². The molecule has 1 saturated heterocycles. The number of amides is 2. The van der Waals surface area contributed by atoms with E-state index in [-0.39, 0.29) is 17.3 Å². The molecule has 0 aliphatic carbocycles. The zero-order valence-electron chi connectivity index (χ0n) is 17.0. The van der Waals surface area contributed by atoms with E-state index in [0.29, 0.717) is 12.1 Å². The summed E-state index contributed by atoms with van der Waals surface area (Å²) >= 11 is 0. The molecule has 0 aromatic heterocycles. The zero-order chi connectivity index (χ0) is 22.0. The van der Waals surface area contributed by atoms with Gasteiger partial charge in [-0.25, -0.2) is 12.7 Å². The molecule has 1 aliphatic heterocycles. The predicted molar refractivity (Wildman–Crippen MR) is 120 cm³/mol. The molecule has 0 radical (unpaired) electrons. The van der Waals surface area contributed by atoms with Crippen molar-refractivity contribution in [1.29, 1.82) is 0 Å². The summed E-state index contributed by atoms with van der Waals surface area (Å²) < 4.78 is 25.8. The number of rotatable bonds is 5. The summed E-state index contributed by atoms with van der Waals surface area (Å²) in [4.78, 5) is 27.6. The van der Waals surface area contributed by atoms with Gasteiger partial charge in [-0.15, -0.1) is 0 Å². The Kier molecular flexibility index (Phi) is 5.61. The van der Waals surface area contributed by atoms with Gasteiger partial charge in [-0.1, -0.05) is 61.5 Å². The van der Waals surface area contributed by atoms with E-state index in [4.69, 9.17) is 0 Å². The Balaban J connectivity index is 1.71. The summed E-state index contributed by atoms with van der Waals surface area (Å²) in [7, 11) is -3.74. The summed E-state index contributed by atoms with van der Waals surface area (Å²) in [5, 5.41) is 0. The first-order chi connectivity index (χ1) is 14.9. The van der Waals surface area contributed by atoms with Crippen LogP contribution in [0.25, 0.3) is 0 Å². The zero-order valence-corrected chi connectivity index (χ0v) is 17.8. The van der Waals surface area contributed by atoms with Crippen LogP contribution in [-0.4, -0.2) is 26.0 Å². The highest BCUT2D eigenvalue weighted by molar-refractivity contribution is 7.94. The number of para-hydroxylation sites is 1. The maximum atomic E-state index is 13.5. The predicted octanol–water partition coefficient (Wildman–Crippen LogP) is 3.85. The summed E-state index contributed by atoms with van der Waals surface area (Å²) in [6.07, 6.45) is 0. The first-order valence-corrected chi connectivity index (χ1v) is 11.6. The van der Waals surface area contributed by atoms with Crippen molar-refractivity contribution in [3.05, 3.63) is 96.1 Å². The molecule has 0 N–H and O–H groups in total.